The maximum atomic E-state index is 12.3. The van der Waals surface area contributed by atoms with E-state index in [0.717, 1.165) is 5.69 Å². The highest BCUT2D eigenvalue weighted by atomic mass is 32.1. The van der Waals surface area contributed by atoms with Crippen molar-refractivity contribution >= 4 is 17.2 Å². The molecule has 104 valence electrons. The van der Waals surface area contributed by atoms with Crippen molar-refractivity contribution in [2.75, 3.05) is 19.7 Å². The van der Waals surface area contributed by atoms with E-state index in [0.29, 0.717) is 31.2 Å². The second-order valence-corrected chi connectivity index (χ2v) is 5.26. The molecule has 0 aromatic carbocycles. The van der Waals surface area contributed by atoms with Crippen molar-refractivity contribution in [1.29, 1.82) is 0 Å². The van der Waals surface area contributed by atoms with Crippen LogP contribution < -0.4 is 0 Å². The Balaban J connectivity index is 1.75. The Morgan fingerprint density at radius 2 is 2.40 bits per heavy atom. The summed E-state index contributed by atoms with van der Waals surface area (Å²) in [6.07, 6.45) is 1.44. The fourth-order valence-corrected chi connectivity index (χ4v) is 2.62. The van der Waals surface area contributed by atoms with Gasteiger partial charge in [0.1, 0.15) is 11.8 Å². The second kappa shape index (κ2) is 5.64. The molecule has 2 aromatic rings. The summed E-state index contributed by atoms with van der Waals surface area (Å²) in [6, 6.07) is 1.84. The molecular weight excluding hydrogens is 276 g/mol. The zero-order valence-electron chi connectivity index (χ0n) is 11.0. The van der Waals surface area contributed by atoms with Crippen molar-refractivity contribution in [3.8, 4) is 0 Å². The number of aryl methyl sites for hydroxylation is 1. The first-order valence-electron chi connectivity index (χ1n) is 6.32. The van der Waals surface area contributed by atoms with E-state index in [-0.39, 0.29) is 12.0 Å². The van der Waals surface area contributed by atoms with E-state index in [2.05, 4.69) is 15.0 Å². The minimum atomic E-state index is -0.272. The lowest BCUT2D eigenvalue weighted by atomic mass is 10.2. The zero-order chi connectivity index (χ0) is 13.9. The Morgan fingerprint density at radius 3 is 3.15 bits per heavy atom. The van der Waals surface area contributed by atoms with E-state index in [1.54, 1.807) is 22.0 Å². The molecule has 1 aliphatic heterocycles. The molecule has 0 radical (unpaired) electrons. The average molecular weight is 290 g/mol. The SMILES string of the molecule is Cc1ccnc([C@H]2CN(C(=O)c3cscn3)CCO2)n1. The predicted octanol–water partition coefficient (Wildman–Crippen LogP) is 1.46. The Morgan fingerprint density at radius 1 is 1.50 bits per heavy atom. The summed E-state index contributed by atoms with van der Waals surface area (Å²) in [7, 11) is 0. The number of morpholine rings is 1. The van der Waals surface area contributed by atoms with Crippen LogP contribution in [-0.4, -0.2) is 45.5 Å². The van der Waals surface area contributed by atoms with E-state index in [1.807, 2.05) is 13.0 Å². The highest BCUT2D eigenvalue weighted by molar-refractivity contribution is 7.07. The van der Waals surface area contributed by atoms with Crippen LogP contribution in [0.25, 0.3) is 0 Å². The van der Waals surface area contributed by atoms with Crippen molar-refractivity contribution in [3.05, 3.63) is 40.4 Å². The van der Waals surface area contributed by atoms with Crippen molar-refractivity contribution < 1.29 is 9.53 Å². The van der Waals surface area contributed by atoms with E-state index >= 15 is 0 Å². The monoisotopic (exact) mass is 290 g/mol. The molecular formula is C13H14N4O2S. The number of amides is 1. The number of carbonyl (C=O) groups excluding carboxylic acids is 1. The summed E-state index contributed by atoms with van der Waals surface area (Å²) in [5.74, 6) is 0.563. The Labute approximate surface area is 120 Å². The van der Waals surface area contributed by atoms with Crippen LogP contribution in [-0.2, 0) is 4.74 Å². The predicted molar refractivity (Wildman–Crippen MR) is 73.5 cm³/mol. The van der Waals surface area contributed by atoms with E-state index in [4.69, 9.17) is 4.74 Å². The Hall–Kier alpha value is -1.86. The van der Waals surface area contributed by atoms with Crippen molar-refractivity contribution in [3.63, 3.8) is 0 Å². The van der Waals surface area contributed by atoms with Crippen molar-refractivity contribution in [1.82, 2.24) is 19.9 Å². The standard InChI is InChI=1S/C13H14N4O2S/c1-9-2-3-14-12(16-9)11-6-17(4-5-19-11)13(18)10-7-20-8-15-10/h2-3,7-8,11H,4-6H2,1H3/t11-/m1/s1. The molecule has 2 aromatic heterocycles. The minimum absolute atomic E-state index is 0.0628. The number of hydrogen-bond acceptors (Lipinski definition) is 6. The lowest BCUT2D eigenvalue weighted by Gasteiger charge is -2.31. The molecule has 1 saturated heterocycles. The van der Waals surface area contributed by atoms with Crippen LogP contribution in [0.5, 0.6) is 0 Å². The highest BCUT2D eigenvalue weighted by Gasteiger charge is 2.28. The van der Waals surface area contributed by atoms with Gasteiger partial charge in [0.2, 0.25) is 0 Å². The lowest BCUT2D eigenvalue weighted by Crippen LogP contribution is -2.42. The third-order valence-electron chi connectivity index (χ3n) is 3.11. The molecule has 1 aliphatic rings. The van der Waals surface area contributed by atoms with Crippen molar-refractivity contribution in [2.24, 2.45) is 0 Å². The number of carbonyl (C=O) groups is 1. The van der Waals surface area contributed by atoms with Crippen LogP contribution in [0.4, 0.5) is 0 Å². The smallest absolute Gasteiger partial charge is 0.273 e. The summed E-state index contributed by atoms with van der Waals surface area (Å²) in [6.45, 7) is 3.42. The number of thiazole rings is 1. The summed E-state index contributed by atoms with van der Waals surface area (Å²) in [4.78, 5) is 26.7. The zero-order valence-corrected chi connectivity index (χ0v) is 11.8. The lowest BCUT2D eigenvalue weighted by molar-refractivity contribution is -0.0270. The third-order valence-corrected chi connectivity index (χ3v) is 3.69. The Kier molecular flexibility index (Phi) is 3.70. The molecule has 3 rings (SSSR count). The van der Waals surface area contributed by atoms with Gasteiger partial charge in [-0.2, -0.15) is 0 Å². The normalized spacial score (nSPS) is 19.1. The summed E-state index contributed by atoms with van der Waals surface area (Å²) >= 11 is 1.42. The Bertz CT molecular complexity index is 602. The molecule has 6 nitrogen and oxygen atoms in total. The second-order valence-electron chi connectivity index (χ2n) is 4.54. The number of rotatable bonds is 2. The van der Waals surface area contributed by atoms with Crippen LogP contribution in [0.3, 0.4) is 0 Å². The average Bonchev–Trinajstić information content (AvgIpc) is 3.01. The molecule has 0 saturated carbocycles. The van der Waals surface area contributed by atoms with Gasteiger partial charge in [-0.1, -0.05) is 0 Å². The maximum absolute atomic E-state index is 12.3. The minimum Gasteiger partial charge on any atom is -0.367 e. The molecule has 0 spiro atoms. The first kappa shape index (κ1) is 13.1. The van der Waals surface area contributed by atoms with E-state index in [1.165, 1.54) is 11.3 Å². The van der Waals surface area contributed by atoms with Gasteiger partial charge in [-0.05, 0) is 13.0 Å². The fourth-order valence-electron chi connectivity index (χ4n) is 2.09. The van der Waals surface area contributed by atoms with Gasteiger partial charge >= 0.3 is 0 Å². The summed E-state index contributed by atoms with van der Waals surface area (Å²) < 4.78 is 5.68. The van der Waals surface area contributed by atoms with Crippen LogP contribution in [0, 0.1) is 6.92 Å². The number of aromatic nitrogens is 3. The van der Waals surface area contributed by atoms with Crippen LogP contribution in [0.15, 0.2) is 23.2 Å². The van der Waals surface area contributed by atoms with Gasteiger partial charge in [-0.15, -0.1) is 11.3 Å². The largest absolute Gasteiger partial charge is 0.367 e. The van der Waals surface area contributed by atoms with Gasteiger partial charge in [0, 0.05) is 23.8 Å². The number of hydrogen-bond donors (Lipinski definition) is 0. The molecule has 0 N–H and O–H groups in total. The highest BCUT2D eigenvalue weighted by Crippen LogP contribution is 2.20. The van der Waals surface area contributed by atoms with Gasteiger partial charge in [0.15, 0.2) is 5.82 Å². The van der Waals surface area contributed by atoms with E-state index in [9.17, 15) is 4.79 Å². The maximum Gasteiger partial charge on any atom is 0.273 e. The first-order chi connectivity index (χ1) is 9.74. The molecule has 3 heterocycles. The fraction of sp³-hybridized carbons (Fsp3) is 0.385. The van der Waals surface area contributed by atoms with Crippen LogP contribution >= 0.6 is 11.3 Å². The van der Waals surface area contributed by atoms with Crippen LogP contribution in [0.2, 0.25) is 0 Å². The van der Waals surface area contributed by atoms with E-state index < -0.39 is 0 Å². The number of nitrogens with zero attached hydrogens (tertiary/aromatic N) is 4. The molecule has 20 heavy (non-hydrogen) atoms. The molecule has 1 fully saturated rings. The third kappa shape index (κ3) is 2.68. The number of ether oxygens (including phenoxy) is 1. The first-order valence-corrected chi connectivity index (χ1v) is 7.27. The molecule has 0 aliphatic carbocycles. The van der Waals surface area contributed by atoms with Gasteiger partial charge in [-0.3, -0.25) is 4.79 Å². The van der Waals surface area contributed by atoms with Gasteiger partial charge < -0.3 is 9.64 Å². The molecule has 1 amide bonds. The molecule has 0 unspecified atom stereocenters. The molecule has 1 atom stereocenters. The quantitative estimate of drug-likeness (QED) is 0.837. The van der Waals surface area contributed by atoms with Gasteiger partial charge in [-0.25, -0.2) is 15.0 Å². The van der Waals surface area contributed by atoms with Gasteiger partial charge in [0.25, 0.3) is 5.91 Å². The van der Waals surface area contributed by atoms with Gasteiger partial charge in [0.05, 0.1) is 18.7 Å². The van der Waals surface area contributed by atoms with Crippen LogP contribution in [0.1, 0.15) is 28.1 Å². The summed E-state index contributed by atoms with van der Waals surface area (Å²) in [5.41, 5.74) is 3.04. The topological polar surface area (TPSA) is 68.2 Å². The van der Waals surface area contributed by atoms with Crippen molar-refractivity contribution in [2.45, 2.75) is 13.0 Å². The molecule has 7 heteroatoms. The summed E-state index contributed by atoms with van der Waals surface area (Å²) in [5, 5.41) is 1.76. The molecule has 0 bridgehead atoms.